The van der Waals surface area contributed by atoms with Crippen LogP contribution in [0.15, 0.2) is 48.9 Å². The van der Waals surface area contributed by atoms with Crippen LogP contribution in [0.4, 0.5) is 0 Å². The molecule has 0 aliphatic carbocycles. The van der Waals surface area contributed by atoms with Gasteiger partial charge >= 0.3 is 5.78 Å². The Kier molecular flexibility index (Phi) is 1.67. The van der Waals surface area contributed by atoms with Crippen molar-refractivity contribution < 1.29 is 4.40 Å². The molecule has 0 fully saturated rings. The van der Waals surface area contributed by atoms with Gasteiger partial charge in [0.25, 0.3) is 0 Å². The highest BCUT2D eigenvalue weighted by Gasteiger charge is 2.30. The number of imidazole rings is 2. The van der Waals surface area contributed by atoms with Crippen LogP contribution in [0.5, 0.6) is 0 Å². The summed E-state index contributed by atoms with van der Waals surface area (Å²) in [6.07, 6.45) is 6.02. The number of rotatable bonds is 0. The molecule has 0 atom stereocenters. The second-order valence-electron chi connectivity index (χ2n) is 5.35. The Balaban J connectivity index is 1.97. The average Bonchev–Trinajstić information content (AvgIpc) is 3.09. The van der Waals surface area contributed by atoms with Crippen LogP contribution in [-0.2, 0) is 13.6 Å². The molecule has 4 heterocycles. The minimum Gasteiger partial charge on any atom is -0.261 e. The first-order valence-corrected chi connectivity index (χ1v) is 6.76. The summed E-state index contributed by atoms with van der Waals surface area (Å²) in [7, 11) is 2.11. The normalized spacial score (nSPS) is 13.1. The lowest BCUT2D eigenvalue weighted by Gasteiger charge is -1.93. The first kappa shape index (κ1) is 10.2. The van der Waals surface area contributed by atoms with Crippen LogP contribution >= 0.6 is 0 Å². The molecule has 4 heteroatoms. The van der Waals surface area contributed by atoms with E-state index in [0.29, 0.717) is 0 Å². The minimum absolute atomic E-state index is 0.944. The molecule has 1 aromatic carbocycles. The highest BCUT2D eigenvalue weighted by Crippen LogP contribution is 2.33. The Hall–Kier alpha value is -2.62. The van der Waals surface area contributed by atoms with Crippen molar-refractivity contribution in [3.63, 3.8) is 0 Å². The maximum absolute atomic E-state index is 4.24. The van der Waals surface area contributed by atoms with E-state index in [0.717, 1.165) is 12.1 Å². The van der Waals surface area contributed by atoms with Crippen LogP contribution in [-0.4, -0.2) is 14.1 Å². The predicted molar refractivity (Wildman–Crippen MR) is 76.4 cm³/mol. The molecule has 0 amide bonds. The SMILES string of the molecule is Cn1c2cnccc2[n+]2cc3n(c12)Cc1ccccc1-3. The Morgan fingerprint density at radius 1 is 1.20 bits per heavy atom. The molecule has 96 valence electrons. The fourth-order valence-electron chi connectivity index (χ4n) is 3.41. The van der Waals surface area contributed by atoms with Crippen molar-refractivity contribution in [1.29, 1.82) is 0 Å². The molecule has 5 rings (SSSR count). The van der Waals surface area contributed by atoms with Gasteiger partial charge in [0.1, 0.15) is 17.4 Å². The highest BCUT2D eigenvalue weighted by molar-refractivity contribution is 5.76. The van der Waals surface area contributed by atoms with Gasteiger partial charge in [0.15, 0.2) is 5.52 Å². The largest absolute Gasteiger partial charge is 0.370 e. The smallest absolute Gasteiger partial charge is 0.261 e. The molecular weight excluding hydrogens is 248 g/mol. The molecule has 3 aromatic heterocycles. The van der Waals surface area contributed by atoms with Crippen LogP contribution in [0.2, 0.25) is 0 Å². The quantitative estimate of drug-likeness (QED) is 0.392. The van der Waals surface area contributed by atoms with E-state index in [1.807, 2.05) is 12.4 Å². The topological polar surface area (TPSA) is 26.9 Å². The number of aryl methyl sites for hydroxylation is 1. The number of hydrogen-bond acceptors (Lipinski definition) is 1. The summed E-state index contributed by atoms with van der Waals surface area (Å²) >= 11 is 0. The highest BCUT2D eigenvalue weighted by atomic mass is 15.3. The van der Waals surface area contributed by atoms with Crippen molar-refractivity contribution in [2.24, 2.45) is 7.05 Å². The first-order chi connectivity index (χ1) is 9.84. The van der Waals surface area contributed by atoms with E-state index < -0.39 is 0 Å². The van der Waals surface area contributed by atoms with E-state index >= 15 is 0 Å². The molecule has 4 nitrogen and oxygen atoms in total. The lowest BCUT2D eigenvalue weighted by molar-refractivity contribution is -0.480. The zero-order valence-electron chi connectivity index (χ0n) is 11.1. The van der Waals surface area contributed by atoms with E-state index in [4.69, 9.17) is 0 Å². The third-order valence-corrected chi connectivity index (χ3v) is 4.32. The van der Waals surface area contributed by atoms with Gasteiger partial charge in [-0.3, -0.25) is 4.98 Å². The maximum Gasteiger partial charge on any atom is 0.370 e. The lowest BCUT2D eigenvalue weighted by atomic mass is 10.1. The summed E-state index contributed by atoms with van der Waals surface area (Å²) in [5.74, 6) is 1.21. The number of hydrogen-bond donors (Lipinski definition) is 0. The van der Waals surface area contributed by atoms with Crippen LogP contribution in [0.3, 0.4) is 0 Å². The molecule has 1 aliphatic rings. The van der Waals surface area contributed by atoms with Crippen molar-refractivity contribution in [2.75, 3.05) is 0 Å². The summed E-state index contributed by atoms with van der Waals surface area (Å²) in [5.41, 5.74) is 6.40. The molecule has 0 saturated heterocycles. The number of nitrogens with zero attached hydrogens (tertiary/aromatic N) is 4. The molecule has 0 radical (unpaired) electrons. The van der Waals surface area contributed by atoms with Gasteiger partial charge in [-0.25, -0.2) is 9.13 Å². The van der Waals surface area contributed by atoms with Crippen LogP contribution in [0.25, 0.3) is 28.1 Å². The van der Waals surface area contributed by atoms with Gasteiger partial charge in [-0.1, -0.05) is 24.3 Å². The van der Waals surface area contributed by atoms with E-state index in [-0.39, 0.29) is 0 Å². The van der Waals surface area contributed by atoms with Gasteiger partial charge < -0.3 is 0 Å². The molecule has 0 N–H and O–H groups in total. The number of pyridine rings is 1. The van der Waals surface area contributed by atoms with Crippen LogP contribution < -0.4 is 4.40 Å². The summed E-state index contributed by atoms with van der Waals surface area (Å²) in [6.45, 7) is 0.944. The Labute approximate surface area is 115 Å². The Bertz CT molecular complexity index is 990. The molecule has 0 saturated carbocycles. The summed E-state index contributed by atoms with van der Waals surface area (Å²) < 4.78 is 6.87. The number of benzene rings is 1. The van der Waals surface area contributed by atoms with E-state index in [9.17, 15) is 0 Å². The molecule has 0 spiro atoms. The van der Waals surface area contributed by atoms with E-state index in [1.54, 1.807) is 0 Å². The minimum atomic E-state index is 0.944. The molecule has 0 unspecified atom stereocenters. The first-order valence-electron chi connectivity index (χ1n) is 6.76. The fraction of sp³-hybridized carbons (Fsp3) is 0.125. The average molecular weight is 261 g/mol. The molecule has 4 aromatic rings. The van der Waals surface area contributed by atoms with Gasteiger partial charge in [0.05, 0.1) is 19.8 Å². The van der Waals surface area contributed by atoms with Crippen molar-refractivity contribution in [3.05, 3.63) is 54.5 Å². The zero-order valence-corrected chi connectivity index (χ0v) is 11.1. The molecule has 0 bridgehead atoms. The van der Waals surface area contributed by atoms with Gasteiger partial charge in [-0.15, -0.1) is 0 Å². The van der Waals surface area contributed by atoms with Crippen LogP contribution in [0, 0.1) is 0 Å². The van der Waals surface area contributed by atoms with Gasteiger partial charge in [-0.2, -0.15) is 4.40 Å². The zero-order chi connectivity index (χ0) is 13.3. The Morgan fingerprint density at radius 2 is 2.10 bits per heavy atom. The summed E-state index contributed by atoms with van der Waals surface area (Å²) in [4.78, 5) is 4.24. The monoisotopic (exact) mass is 261 g/mol. The van der Waals surface area contributed by atoms with E-state index in [2.05, 4.69) is 62.1 Å². The molecule has 20 heavy (non-hydrogen) atoms. The van der Waals surface area contributed by atoms with Crippen molar-refractivity contribution in [1.82, 2.24) is 14.1 Å². The second kappa shape index (κ2) is 3.28. The summed E-state index contributed by atoms with van der Waals surface area (Å²) in [5, 5.41) is 0. The van der Waals surface area contributed by atoms with Crippen LogP contribution in [0.1, 0.15) is 5.56 Å². The summed E-state index contributed by atoms with van der Waals surface area (Å²) in [6, 6.07) is 10.7. The molecule has 1 aliphatic heterocycles. The Morgan fingerprint density at radius 3 is 3.05 bits per heavy atom. The standard InChI is InChI=1S/C16H13N4/c1-18-14-8-17-7-6-13(14)20-10-15-12-5-3-2-4-11(12)9-19(15)16(18)20/h2-8,10H,9H2,1H3/q+1. The van der Waals surface area contributed by atoms with Crippen molar-refractivity contribution >= 4 is 16.8 Å². The predicted octanol–water partition coefficient (Wildman–Crippen LogP) is 2.14. The third kappa shape index (κ3) is 1.04. The third-order valence-electron chi connectivity index (χ3n) is 4.32. The van der Waals surface area contributed by atoms with Crippen molar-refractivity contribution in [2.45, 2.75) is 6.54 Å². The van der Waals surface area contributed by atoms with Gasteiger partial charge in [-0.05, 0) is 11.6 Å². The van der Waals surface area contributed by atoms with Gasteiger partial charge in [0, 0.05) is 11.8 Å². The van der Waals surface area contributed by atoms with Crippen molar-refractivity contribution in [3.8, 4) is 11.3 Å². The fourth-order valence-corrected chi connectivity index (χ4v) is 3.41. The number of aromatic nitrogens is 4. The molecular formula is C16H13N4+. The second-order valence-corrected chi connectivity index (χ2v) is 5.35. The van der Waals surface area contributed by atoms with Gasteiger partial charge in [0.2, 0.25) is 0 Å². The lowest BCUT2D eigenvalue weighted by Crippen LogP contribution is -2.18. The van der Waals surface area contributed by atoms with E-state index in [1.165, 1.54) is 28.1 Å². The maximum atomic E-state index is 4.24. The number of fused-ring (bicyclic) bond motifs is 7.